The Morgan fingerprint density at radius 2 is 0.520 bits per heavy atom. The van der Waals surface area contributed by atoms with E-state index in [-0.39, 0.29) is 31.1 Å². The Balaban J connectivity index is 4.32. The van der Waals surface area contributed by atoms with Crippen LogP contribution in [0.3, 0.4) is 0 Å². The average Bonchev–Trinajstić information content (AvgIpc) is 3.41. The zero-order valence-corrected chi connectivity index (χ0v) is 50.1. The first-order valence-corrected chi connectivity index (χ1v) is 32.8. The summed E-state index contributed by atoms with van der Waals surface area (Å²) < 4.78 is 16.9. The Morgan fingerprint density at radius 1 is 0.280 bits per heavy atom. The SMILES string of the molecule is CC/C=C\C/C=C\C/C=C\CCCCCCCC(=O)OC(COC(=O)CCCCCCCCCCCCC/C=C\CCCCCCCC)COC(=O)CCCCCCCCCCCCC/C=C\CCCCCCCC. The highest BCUT2D eigenvalue weighted by Gasteiger charge is 2.19. The van der Waals surface area contributed by atoms with Gasteiger partial charge in [0.05, 0.1) is 0 Å². The van der Waals surface area contributed by atoms with Crippen LogP contribution in [-0.4, -0.2) is 37.2 Å². The van der Waals surface area contributed by atoms with Gasteiger partial charge in [-0.2, -0.15) is 0 Å². The highest BCUT2D eigenvalue weighted by Crippen LogP contribution is 2.17. The number of esters is 3. The topological polar surface area (TPSA) is 78.9 Å². The molecular formula is C69H124O6. The first kappa shape index (κ1) is 72.1. The quantitative estimate of drug-likeness (QED) is 0.0261. The summed E-state index contributed by atoms with van der Waals surface area (Å²) in [4.78, 5) is 38.3. The molecule has 0 aliphatic rings. The van der Waals surface area contributed by atoms with Crippen LogP contribution in [0, 0.1) is 0 Å². The third kappa shape index (κ3) is 61.8. The monoisotopic (exact) mass is 1050 g/mol. The van der Waals surface area contributed by atoms with E-state index in [2.05, 4.69) is 81.5 Å². The Kier molecular flexibility index (Phi) is 61.2. The summed E-state index contributed by atoms with van der Waals surface area (Å²) in [6, 6.07) is 0. The highest BCUT2D eigenvalue weighted by molar-refractivity contribution is 5.71. The van der Waals surface area contributed by atoms with Crippen molar-refractivity contribution in [1.82, 2.24) is 0 Å². The number of hydrogen-bond donors (Lipinski definition) is 0. The van der Waals surface area contributed by atoms with E-state index in [0.29, 0.717) is 19.3 Å². The van der Waals surface area contributed by atoms with E-state index >= 15 is 0 Å². The van der Waals surface area contributed by atoms with Gasteiger partial charge in [-0.1, -0.05) is 281 Å². The Bertz CT molecular complexity index is 1280. The van der Waals surface area contributed by atoms with Crippen LogP contribution in [-0.2, 0) is 28.6 Å². The van der Waals surface area contributed by atoms with Crippen molar-refractivity contribution >= 4 is 17.9 Å². The van der Waals surface area contributed by atoms with Crippen LogP contribution in [0.1, 0.15) is 342 Å². The lowest BCUT2D eigenvalue weighted by Crippen LogP contribution is -2.30. The number of carbonyl (C=O) groups excluding carboxylic acids is 3. The maximum Gasteiger partial charge on any atom is 0.306 e. The van der Waals surface area contributed by atoms with Gasteiger partial charge in [-0.25, -0.2) is 0 Å². The number of hydrogen-bond acceptors (Lipinski definition) is 6. The van der Waals surface area contributed by atoms with Gasteiger partial charge in [0.15, 0.2) is 6.10 Å². The molecule has 6 heteroatoms. The minimum absolute atomic E-state index is 0.0796. The molecule has 0 aromatic carbocycles. The van der Waals surface area contributed by atoms with Crippen molar-refractivity contribution in [3.8, 4) is 0 Å². The molecule has 0 aromatic rings. The van der Waals surface area contributed by atoms with Crippen LogP contribution in [0.5, 0.6) is 0 Å². The van der Waals surface area contributed by atoms with Gasteiger partial charge in [0.2, 0.25) is 0 Å². The standard InChI is InChI=1S/C69H124O6/c1-4-7-10-13-16-19-22-25-28-30-32-34-36-38-41-43-46-49-52-55-58-61-67(70)73-64-66(75-69(72)63-60-57-54-51-48-45-40-27-24-21-18-15-12-9-6-3)65-74-68(71)62-59-56-53-50-47-44-42-39-37-35-33-31-29-26-23-20-17-14-11-8-5-2/h9,12,18,21,25-29,40,66H,4-8,10-11,13-17,19-20,22-24,30-39,41-65H2,1-3H3/b12-9-,21-18-,28-25-,29-26-,40-27-. The van der Waals surface area contributed by atoms with Crippen LogP contribution in [0.25, 0.3) is 0 Å². The van der Waals surface area contributed by atoms with Gasteiger partial charge in [-0.05, 0) is 103 Å². The molecule has 0 bridgehead atoms. The largest absolute Gasteiger partial charge is 0.462 e. The Hall–Kier alpha value is -2.89. The van der Waals surface area contributed by atoms with Crippen molar-refractivity contribution in [3.63, 3.8) is 0 Å². The lowest BCUT2D eigenvalue weighted by Gasteiger charge is -2.18. The third-order valence-corrected chi connectivity index (χ3v) is 14.5. The van der Waals surface area contributed by atoms with Crippen molar-refractivity contribution in [2.75, 3.05) is 13.2 Å². The lowest BCUT2D eigenvalue weighted by molar-refractivity contribution is -0.167. The van der Waals surface area contributed by atoms with Gasteiger partial charge in [0.1, 0.15) is 13.2 Å². The van der Waals surface area contributed by atoms with Gasteiger partial charge in [0.25, 0.3) is 0 Å². The predicted octanol–water partition coefficient (Wildman–Crippen LogP) is 22.3. The maximum absolute atomic E-state index is 12.9. The number of ether oxygens (including phenoxy) is 3. The number of allylic oxidation sites excluding steroid dienone is 10. The zero-order valence-electron chi connectivity index (χ0n) is 50.1. The van der Waals surface area contributed by atoms with Crippen LogP contribution >= 0.6 is 0 Å². The van der Waals surface area contributed by atoms with E-state index in [4.69, 9.17) is 14.2 Å². The molecular weight excluding hydrogens is 925 g/mol. The fourth-order valence-corrected chi connectivity index (χ4v) is 9.57. The first-order valence-electron chi connectivity index (χ1n) is 32.8. The Labute approximate surface area is 466 Å². The fourth-order valence-electron chi connectivity index (χ4n) is 9.57. The average molecular weight is 1050 g/mol. The molecule has 6 nitrogen and oxygen atoms in total. The molecule has 0 heterocycles. The fraction of sp³-hybridized carbons (Fsp3) is 0.812. The molecule has 436 valence electrons. The van der Waals surface area contributed by atoms with E-state index in [1.54, 1.807) is 0 Å². The van der Waals surface area contributed by atoms with Crippen molar-refractivity contribution in [3.05, 3.63) is 60.8 Å². The molecule has 0 radical (unpaired) electrons. The highest BCUT2D eigenvalue weighted by atomic mass is 16.6. The Morgan fingerprint density at radius 3 is 0.827 bits per heavy atom. The van der Waals surface area contributed by atoms with Gasteiger partial charge >= 0.3 is 17.9 Å². The van der Waals surface area contributed by atoms with E-state index in [0.717, 1.165) is 96.3 Å². The van der Waals surface area contributed by atoms with E-state index < -0.39 is 6.10 Å². The smallest absolute Gasteiger partial charge is 0.306 e. The number of rotatable bonds is 60. The first-order chi connectivity index (χ1) is 37.0. The summed E-state index contributed by atoms with van der Waals surface area (Å²) in [5.74, 6) is -0.880. The molecule has 0 saturated heterocycles. The summed E-state index contributed by atoms with van der Waals surface area (Å²) in [5.41, 5.74) is 0. The third-order valence-electron chi connectivity index (χ3n) is 14.5. The van der Waals surface area contributed by atoms with Crippen LogP contribution in [0.2, 0.25) is 0 Å². The molecule has 75 heavy (non-hydrogen) atoms. The summed E-state index contributed by atoms with van der Waals surface area (Å²) in [6.45, 7) is 6.55. The normalized spacial score (nSPS) is 12.1. The molecule has 0 atom stereocenters. The molecule has 0 spiro atoms. The van der Waals surface area contributed by atoms with Crippen molar-refractivity contribution in [2.24, 2.45) is 0 Å². The second kappa shape index (κ2) is 63.6. The van der Waals surface area contributed by atoms with Crippen molar-refractivity contribution in [1.29, 1.82) is 0 Å². The zero-order chi connectivity index (χ0) is 54.3. The molecule has 0 unspecified atom stereocenters. The summed E-state index contributed by atoms with van der Waals surface area (Å²) in [7, 11) is 0. The molecule has 0 N–H and O–H groups in total. The summed E-state index contributed by atoms with van der Waals surface area (Å²) >= 11 is 0. The van der Waals surface area contributed by atoms with E-state index in [1.165, 1.54) is 205 Å². The second-order valence-electron chi connectivity index (χ2n) is 22.0. The van der Waals surface area contributed by atoms with E-state index in [1.807, 2.05) is 0 Å². The summed E-state index contributed by atoms with van der Waals surface area (Å²) in [5, 5.41) is 0. The number of carbonyl (C=O) groups is 3. The minimum Gasteiger partial charge on any atom is -0.462 e. The molecule has 0 amide bonds. The molecule has 0 aliphatic heterocycles. The van der Waals surface area contributed by atoms with Gasteiger partial charge in [-0.15, -0.1) is 0 Å². The van der Waals surface area contributed by atoms with Crippen LogP contribution in [0.15, 0.2) is 60.8 Å². The van der Waals surface area contributed by atoms with Gasteiger partial charge < -0.3 is 14.2 Å². The molecule has 0 fully saturated rings. The minimum atomic E-state index is -0.784. The van der Waals surface area contributed by atoms with Crippen LogP contribution in [0.4, 0.5) is 0 Å². The van der Waals surface area contributed by atoms with Crippen LogP contribution < -0.4 is 0 Å². The molecule has 0 aliphatic carbocycles. The number of unbranched alkanes of at least 4 members (excludes halogenated alkanes) is 39. The van der Waals surface area contributed by atoms with Crippen molar-refractivity contribution in [2.45, 2.75) is 348 Å². The maximum atomic E-state index is 12.9. The molecule has 0 aromatic heterocycles. The predicted molar refractivity (Wildman–Crippen MR) is 325 cm³/mol. The van der Waals surface area contributed by atoms with Crippen molar-refractivity contribution < 1.29 is 28.6 Å². The molecule has 0 rings (SSSR count). The van der Waals surface area contributed by atoms with E-state index in [9.17, 15) is 14.4 Å². The molecule has 0 saturated carbocycles. The van der Waals surface area contributed by atoms with Gasteiger partial charge in [0, 0.05) is 19.3 Å². The lowest BCUT2D eigenvalue weighted by atomic mass is 10.0. The second-order valence-corrected chi connectivity index (χ2v) is 22.0. The van der Waals surface area contributed by atoms with Gasteiger partial charge in [-0.3, -0.25) is 14.4 Å². The summed E-state index contributed by atoms with van der Waals surface area (Å²) in [6.07, 6.45) is 80.9.